The summed E-state index contributed by atoms with van der Waals surface area (Å²) in [5.41, 5.74) is 2.50. The van der Waals surface area contributed by atoms with Crippen molar-refractivity contribution in [3.63, 3.8) is 0 Å². The van der Waals surface area contributed by atoms with Crippen LogP contribution >= 0.6 is 0 Å². The second kappa shape index (κ2) is 6.84. The van der Waals surface area contributed by atoms with E-state index in [4.69, 9.17) is 5.21 Å². The van der Waals surface area contributed by atoms with Crippen LogP contribution in [0.1, 0.15) is 38.7 Å². The Balaban J connectivity index is 2.79. The van der Waals surface area contributed by atoms with Gasteiger partial charge in [-0.15, -0.1) is 0 Å². The van der Waals surface area contributed by atoms with Crippen LogP contribution in [0, 0.1) is 5.82 Å². The molecule has 1 rings (SSSR count). The zero-order valence-electron chi connectivity index (χ0n) is 10.3. The van der Waals surface area contributed by atoms with Crippen molar-refractivity contribution in [1.29, 1.82) is 0 Å². The second-order valence-corrected chi connectivity index (χ2v) is 4.03. The van der Waals surface area contributed by atoms with Crippen molar-refractivity contribution in [3.8, 4) is 0 Å². The van der Waals surface area contributed by atoms with E-state index < -0.39 is 0 Å². The van der Waals surface area contributed by atoms with Gasteiger partial charge in [-0.1, -0.05) is 36.7 Å². The molecule has 17 heavy (non-hydrogen) atoms. The van der Waals surface area contributed by atoms with Gasteiger partial charge in [0.15, 0.2) is 0 Å². The minimum Gasteiger partial charge on any atom is -0.411 e. The van der Waals surface area contributed by atoms with Gasteiger partial charge < -0.3 is 5.21 Å². The van der Waals surface area contributed by atoms with Crippen molar-refractivity contribution in [1.82, 2.24) is 0 Å². The smallest absolute Gasteiger partial charge is 0.123 e. The third-order valence-electron chi connectivity index (χ3n) is 2.60. The largest absolute Gasteiger partial charge is 0.411 e. The van der Waals surface area contributed by atoms with Crippen molar-refractivity contribution in [2.24, 2.45) is 5.16 Å². The highest BCUT2D eigenvalue weighted by Crippen LogP contribution is 2.12. The molecule has 0 aliphatic carbocycles. The predicted octanol–water partition coefficient (Wildman–Crippen LogP) is 4.25. The predicted molar refractivity (Wildman–Crippen MR) is 68.8 cm³/mol. The molecule has 1 aromatic carbocycles. The molecule has 0 saturated heterocycles. The minimum absolute atomic E-state index is 0.248. The van der Waals surface area contributed by atoms with E-state index in [1.165, 1.54) is 12.1 Å². The molecule has 0 aromatic heterocycles. The molecule has 2 nitrogen and oxygen atoms in total. The summed E-state index contributed by atoms with van der Waals surface area (Å²) < 4.78 is 12.7. The van der Waals surface area contributed by atoms with Gasteiger partial charge in [0.05, 0.1) is 5.71 Å². The molecular weight excluding hydrogens is 217 g/mol. The van der Waals surface area contributed by atoms with E-state index in [9.17, 15) is 4.39 Å². The highest BCUT2D eigenvalue weighted by molar-refractivity contribution is 6.02. The average Bonchev–Trinajstić information content (AvgIpc) is 2.33. The minimum atomic E-state index is -0.248. The fourth-order valence-electron chi connectivity index (χ4n) is 1.56. The molecule has 0 saturated carbocycles. The van der Waals surface area contributed by atoms with Crippen LogP contribution in [-0.2, 0) is 0 Å². The zero-order valence-corrected chi connectivity index (χ0v) is 10.3. The molecular formula is C14H18FNO. The van der Waals surface area contributed by atoms with Gasteiger partial charge in [-0.05, 0) is 43.0 Å². The van der Waals surface area contributed by atoms with Gasteiger partial charge in [-0.25, -0.2) is 4.39 Å². The Morgan fingerprint density at radius 1 is 1.35 bits per heavy atom. The molecule has 0 radical (unpaired) electrons. The lowest BCUT2D eigenvalue weighted by Crippen LogP contribution is -2.00. The van der Waals surface area contributed by atoms with Crippen molar-refractivity contribution in [2.75, 3.05) is 0 Å². The maximum Gasteiger partial charge on any atom is 0.123 e. The molecule has 0 fully saturated rings. The summed E-state index contributed by atoms with van der Waals surface area (Å²) in [6.07, 6.45) is 4.71. The normalized spacial score (nSPS) is 12.9. The molecule has 0 aliphatic rings. The first-order valence-corrected chi connectivity index (χ1v) is 5.82. The highest BCUT2D eigenvalue weighted by Gasteiger charge is 2.02. The van der Waals surface area contributed by atoms with Crippen molar-refractivity contribution in [3.05, 3.63) is 41.2 Å². The Labute approximate surface area is 101 Å². The van der Waals surface area contributed by atoms with Crippen LogP contribution in [0.25, 0.3) is 6.08 Å². The summed E-state index contributed by atoms with van der Waals surface area (Å²) in [5, 5.41) is 12.2. The monoisotopic (exact) mass is 235 g/mol. The van der Waals surface area contributed by atoms with Crippen molar-refractivity contribution in [2.45, 2.75) is 33.1 Å². The molecule has 0 spiro atoms. The number of oxime groups is 1. The molecule has 0 bridgehead atoms. The van der Waals surface area contributed by atoms with Gasteiger partial charge in [0.1, 0.15) is 5.82 Å². The summed E-state index contributed by atoms with van der Waals surface area (Å²) in [5.74, 6) is -0.248. The van der Waals surface area contributed by atoms with Gasteiger partial charge in [0.25, 0.3) is 0 Å². The third-order valence-corrected chi connectivity index (χ3v) is 2.60. The number of benzene rings is 1. The van der Waals surface area contributed by atoms with Gasteiger partial charge in [-0.2, -0.15) is 0 Å². The Morgan fingerprint density at radius 2 is 2.00 bits per heavy atom. The molecule has 1 N–H and O–H groups in total. The molecule has 3 heteroatoms. The maximum atomic E-state index is 12.7. The third kappa shape index (κ3) is 4.39. The lowest BCUT2D eigenvalue weighted by molar-refractivity contribution is 0.317. The lowest BCUT2D eigenvalue weighted by atomic mass is 10.0. The van der Waals surface area contributed by atoms with E-state index in [1.807, 2.05) is 13.0 Å². The van der Waals surface area contributed by atoms with Crippen LogP contribution < -0.4 is 0 Å². The maximum absolute atomic E-state index is 12.7. The quantitative estimate of drug-likeness (QED) is 0.462. The van der Waals surface area contributed by atoms with Crippen LogP contribution in [-0.4, -0.2) is 10.9 Å². The second-order valence-electron chi connectivity index (χ2n) is 4.03. The van der Waals surface area contributed by atoms with Gasteiger partial charge >= 0.3 is 0 Å². The van der Waals surface area contributed by atoms with Crippen LogP contribution in [0.2, 0.25) is 0 Å². The number of halogens is 1. The van der Waals surface area contributed by atoms with Crippen molar-refractivity contribution >= 4 is 11.8 Å². The van der Waals surface area contributed by atoms with E-state index in [1.54, 1.807) is 12.1 Å². The van der Waals surface area contributed by atoms with E-state index in [2.05, 4.69) is 12.1 Å². The van der Waals surface area contributed by atoms with Crippen LogP contribution in [0.4, 0.5) is 4.39 Å². The van der Waals surface area contributed by atoms with Crippen LogP contribution in [0.5, 0.6) is 0 Å². The number of nitrogens with zero attached hydrogens (tertiary/aromatic N) is 1. The van der Waals surface area contributed by atoms with Crippen LogP contribution in [0.3, 0.4) is 0 Å². The standard InChI is InChI=1S/C14H18FNO/c1-3-4-5-14(16-17)11(2)10-12-6-8-13(15)9-7-12/h6-10,17H,3-5H2,1-2H3/b11-10+,16-14?. The summed E-state index contributed by atoms with van der Waals surface area (Å²) in [6.45, 7) is 3.99. The Bertz CT molecular complexity index is 407. The molecule has 0 heterocycles. The fourth-order valence-corrected chi connectivity index (χ4v) is 1.56. The highest BCUT2D eigenvalue weighted by atomic mass is 19.1. The number of rotatable bonds is 5. The number of hydrogen-bond acceptors (Lipinski definition) is 2. The Hall–Kier alpha value is -1.64. The number of unbranched alkanes of at least 4 members (excludes halogenated alkanes) is 1. The molecule has 0 amide bonds. The first-order chi connectivity index (χ1) is 8.17. The SMILES string of the molecule is CCCCC(=NO)/C(C)=C/c1ccc(F)cc1. The van der Waals surface area contributed by atoms with E-state index in [0.717, 1.165) is 30.4 Å². The molecule has 0 unspecified atom stereocenters. The van der Waals surface area contributed by atoms with Crippen molar-refractivity contribution < 1.29 is 9.60 Å². The van der Waals surface area contributed by atoms with E-state index >= 15 is 0 Å². The molecule has 0 atom stereocenters. The fraction of sp³-hybridized carbons (Fsp3) is 0.357. The first kappa shape index (κ1) is 13.4. The summed E-state index contributed by atoms with van der Waals surface area (Å²) in [6, 6.07) is 6.24. The first-order valence-electron chi connectivity index (χ1n) is 5.82. The number of allylic oxidation sites excluding steroid dienone is 1. The molecule has 92 valence electrons. The van der Waals surface area contributed by atoms with Gasteiger partial charge in [0.2, 0.25) is 0 Å². The Kier molecular flexibility index (Phi) is 5.40. The van der Waals surface area contributed by atoms with Gasteiger partial charge in [0, 0.05) is 0 Å². The lowest BCUT2D eigenvalue weighted by Gasteiger charge is -2.04. The van der Waals surface area contributed by atoms with E-state index in [-0.39, 0.29) is 5.82 Å². The Morgan fingerprint density at radius 3 is 2.53 bits per heavy atom. The van der Waals surface area contributed by atoms with E-state index in [0.29, 0.717) is 5.71 Å². The topological polar surface area (TPSA) is 32.6 Å². The average molecular weight is 235 g/mol. The summed E-state index contributed by atoms with van der Waals surface area (Å²) >= 11 is 0. The number of hydrogen-bond donors (Lipinski definition) is 1. The van der Waals surface area contributed by atoms with Crippen LogP contribution in [0.15, 0.2) is 35.0 Å². The van der Waals surface area contributed by atoms with Gasteiger partial charge in [-0.3, -0.25) is 0 Å². The summed E-state index contributed by atoms with van der Waals surface area (Å²) in [4.78, 5) is 0. The molecule has 0 aliphatic heterocycles. The summed E-state index contributed by atoms with van der Waals surface area (Å²) in [7, 11) is 0. The molecule has 1 aromatic rings. The zero-order chi connectivity index (χ0) is 12.7.